The Balaban J connectivity index is 1.54. The molecule has 1 saturated carbocycles. The number of benzene rings is 1. The van der Waals surface area contributed by atoms with E-state index in [9.17, 15) is 4.79 Å². The van der Waals surface area contributed by atoms with Crippen LogP contribution in [0.3, 0.4) is 0 Å². The normalized spacial score (nSPS) is 20.5. The van der Waals surface area contributed by atoms with Crippen molar-refractivity contribution in [2.75, 3.05) is 13.1 Å². The molecular weight excluding hydrogens is 312 g/mol. The number of halogens is 1. The van der Waals surface area contributed by atoms with Gasteiger partial charge < -0.3 is 4.90 Å². The SMILES string of the molecule is O=C(N1CC(n2ccnn2)C1)C1(c2ccc(Cl)cc2)CCCC1. The van der Waals surface area contributed by atoms with Gasteiger partial charge in [-0.25, -0.2) is 4.68 Å². The molecule has 1 aromatic heterocycles. The molecule has 1 aromatic carbocycles. The van der Waals surface area contributed by atoms with Crippen molar-refractivity contribution in [1.29, 1.82) is 0 Å². The molecule has 4 rings (SSSR count). The van der Waals surface area contributed by atoms with Crippen LogP contribution < -0.4 is 0 Å². The van der Waals surface area contributed by atoms with Gasteiger partial charge in [-0.1, -0.05) is 41.8 Å². The van der Waals surface area contributed by atoms with Crippen molar-refractivity contribution in [3.63, 3.8) is 0 Å². The number of amides is 1. The fourth-order valence-electron chi connectivity index (χ4n) is 3.88. The van der Waals surface area contributed by atoms with Gasteiger partial charge in [0.1, 0.15) is 0 Å². The fraction of sp³-hybridized carbons (Fsp3) is 0.471. The number of hydrogen-bond acceptors (Lipinski definition) is 3. The van der Waals surface area contributed by atoms with Gasteiger partial charge in [0.25, 0.3) is 0 Å². The summed E-state index contributed by atoms with van der Waals surface area (Å²) in [6.07, 6.45) is 7.60. The van der Waals surface area contributed by atoms with Crippen LogP contribution in [0.1, 0.15) is 37.3 Å². The van der Waals surface area contributed by atoms with Crippen molar-refractivity contribution in [1.82, 2.24) is 19.9 Å². The second-order valence-corrected chi connectivity index (χ2v) is 6.98. The third-order valence-corrected chi connectivity index (χ3v) is 5.48. The Morgan fingerprint density at radius 2 is 1.87 bits per heavy atom. The lowest BCUT2D eigenvalue weighted by Crippen LogP contribution is -2.56. The van der Waals surface area contributed by atoms with Gasteiger partial charge in [0.2, 0.25) is 5.91 Å². The molecule has 5 nitrogen and oxygen atoms in total. The first-order valence-electron chi connectivity index (χ1n) is 8.10. The first-order valence-corrected chi connectivity index (χ1v) is 8.48. The maximum atomic E-state index is 13.2. The minimum Gasteiger partial charge on any atom is -0.337 e. The standard InChI is InChI=1S/C17H19ClN4O/c18-14-5-3-13(4-6-14)17(7-1-2-8-17)16(23)21-11-15(12-21)22-10-9-19-20-22/h3-6,9-10,15H,1-2,7-8,11-12H2. The molecule has 0 atom stereocenters. The first-order chi connectivity index (χ1) is 11.2. The molecule has 1 saturated heterocycles. The molecule has 1 amide bonds. The van der Waals surface area contributed by atoms with Gasteiger partial charge in [-0.05, 0) is 30.5 Å². The van der Waals surface area contributed by atoms with Gasteiger partial charge >= 0.3 is 0 Å². The smallest absolute Gasteiger partial charge is 0.233 e. The molecule has 2 fully saturated rings. The van der Waals surface area contributed by atoms with E-state index in [1.54, 1.807) is 6.20 Å². The second kappa shape index (κ2) is 5.64. The second-order valence-electron chi connectivity index (χ2n) is 6.54. The van der Waals surface area contributed by atoms with Crippen LogP contribution >= 0.6 is 11.6 Å². The van der Waals surface area contributed by atoms with Crippen molar-refractivity contribution in [3.8, 4) is 0 Å². The summed E-state index contributed by atoms with van der Waals surface area (Å²) in [4.78, 5) is 15.2. The summed E-state index contributed by atoms with van der Waals surface area (Å²) >= 11 is 6.01. The van der Waals surface area contributed by atoms with Gasteiger partial charge in [-0.3, -0.25) is 4.79 Å². The van der Waals surface area contributed by atoms with E-state index in [4.69, 9.17) is 11.6 Å². The maximum absolute atomic E-state index is 13.2. The summed E-state index contributed by atoms with van der Waals surface area (Å²) < 4.78 is 1.84. The average molecular weight is 331 g/mol. The zero-order chi connectivity index (χ0) is 15.9. The lowest BCUT2D eigenvalue weighted by Gasteiger charge is -2.44. The molecule has 0 N–H and O–H groups in total. The molecule has 0 bridgehead atoms. The molecule has 6 heteroatoms. The Morgan fingerprint density at radius 3 is 2.48 bits per heavy atom. The Labute approximate surface area is 140 Å². The highest BCUT2D eigenvalue weighted by molar-refractivity contribution is 6.30. The van der Waals surface area contributed by atoms with Crippen molar-refractivity contribution in [2.45, 2.75) is 37.1 Å². The van der Waals surface area contributed by atoms with Crippen LogP contribution in [0.2, 0.25) is 5.02 Å². The van der Waals surface area contributed by atoms with Gasteiger partial charge in [0.05, 0.1) is 17.7 Å². The van der Waals surface area contributed by atoms with Gasteiger partial charge in [-0.2, -0.15) is 0 Å². The Hall–Kier alpha value is -1.88. The van der Waals surface area contributed by atoms with Gasteiger partial charge in [0.15, 0.2) is 0 Å². The lowest BCUT2D eigenvalue weighted by atomic mass is 9.77. The highest BCUT2D eigenvalue weighted by Gasteiger charge is 2.47. The molecule has 1 aliphatic heterocycles. The monoisotopic (exact) mass is 330 g/mol. The van der Waals surface area contributed by atoms with Crippen molar-refractivity contribution < 1.29 is 4.79 Å². The Kier molecular flexibility index (Phi) is 3.60. The van der Waals surface area contributed by atoms with Crippen LogP contribution in [0.25, 0.3) is 0 Å². The number of nitrogens with zero attached hydrogens (tertiary/aromatic N) is 4. The molecule has 2 aromatic rings. The third kappa shape index (κ3) is 2.43. The first kappa shape index (κ1) is 14.7. The highest BCUT2D eigenvalue weighted by Crippen LogP contribution is 2.44. The summed E-state index contributed by atoms with van der Waals surface area (Å²) in [5.74, 6) is 0.258. The topological polar surface area (TPSA) is 51.0 Å². The summed E-state index contributed by atoms with van der Waals surface area (Å²) in [6.45, 7) is 1.44. The van der Waals surface area contributed by atoms with E-state index in [2.05, 4.69) is 10.3 Å². The van der Waals surface area contributed by atoms with Crippen LogP contribution in [0.15, 0.2) is 36.7 Å². The predicted octanol–water partition coefficient (Wildman–Crippen LogP) is 2.83. The van der Waals surface area contributed by atoms with E-state index >= 15 is 0 Å². The van der Waals surface area contributed by atoms with E-state index in [0.717, 1.165) is 44.3 Å². The Morgan fingerprint density at radius 1 is 1.17 bits per heavy atom. The summed E-state index contributed by atoms with van der Waals surface area (Å²) in [5.41, 5.74) is 0.742. The molecule has 2 heterocycles. The van der Waals surface area contributed by atoms with Crippen LogP contribution in [0.4, 0.5) is 0 Å². The molecule has 0 radical (unpaired) electrons. The number of rotatable bonds is 3. The third-order valence-electron chi connectivity index (χ3n) is 5.23. The fourth-order valence-corrected chi connectivity index (χ4v) is 4.00. The quantitative estimate of drug-likeness (QED) is 0.869. The predicted molar refractivity (Wildman–Crippen MR) is 87.2 cm³/mol. The largest absolute Gasteiger partial charge is 0.337 e. The summed E-state index contributed by atoms with van der Waals surface area (Å²) in [6, 6.07) is 8.06. The zero-order valence-electron chi connectivity index (χ0n) is 12.9. The molecule has 1 aliphatic carbocycles. The van der Waals surface area contributed by atoms with Gasteiger partial charge in [0, 0.05) is 24.3 Å². The molecule has 23 heavy (non-hydrogen) atoms. The number of aromatic nitrogens is 3. The molecule has 0 unspecified atom stereocenters. The minimum absolute atomic E-state index is 0.255. The van der Waals surface area contributed by atoms with E-state index in [-0.39, 0.29) is 17.4 Å². The molecule has 120 valence electrons. The van der Waals surface area contributed by atoms with Crippen LogP contribution in [0, 0.1) is 0 Å². The number of carbonyl (C=O) groups excluding carboxylic acids is 1. The zero-order valence-corrected chi connectivity index (χ0v) is 13.6. The van der Waals surface area contributed by atoms with Crippen LogP contribution in [-0.4, -0.2) is 38.9 Å². The van der Waals surface area contributed by atoms with Crippen molar-refractivity contribution in [2.24, 2.45) is 0 Å². The van der Waals surface area contributed by atoms with E-state index in [0.29, 0.717) is 5.02 Å². The maximum Gasteiger partial charge on any atom is 0.233 e. The van der Waals surface area contributed by atoms with E-state index in [1.165, 1.54) is 0 Å². The number of likely N-dealkylation sites (tertiary alicyclic amines) is 1. The number of hydrogen-bond donors (Lipinski definition) is 0. The van der Waals surface area contributed by atoms with Crippen molar-refractivity contribution >= 4 is 17.5 Å². The summed E-state index contributed by atoms with van der Waals surface area (Å²) in [5, 5.41) is 8.58. The van der Waals surface area contributed by atoms with Crippen LogP contribution in [0.5, 0.6) is 0 Å². The number of carbonyl (C=O) groups is 1. The average Bonchev–Trinajstić information content (AvgIpc) is 3.18. The lowest BCUT2D eigenvalue weighted by molar-refractivity contribution is -0.143. The van der Waals surface area contributed by atoms with Crippen LogP contribution in [-0.2, 0) is 10.2 Å². The Bertz CT molecular complexity index is 686. The molecular formula is C17H19ClN4O. The molecule has 2 aliphatic rings. The van der Waals surface area contributed by atoms with Gasteiger partial charge in [-0.15, -0.1) is 5.10 Å². The minimum atomic E-state index is -0.363. The van der Waals surface area contributed by atoms with E-state index in [1.807, 2.05) is 40.0 Å². The highest BCUT2D eigenvalue weighted by atomic mass is 35.5. The molecule has 0 spiro atoms. The summed E-state index contributed by atoms with van der Waals surface area (Å²) in [7, 11) is 0. The van der Waals surface area contributed by atoms with E-state index < -0.39 is 0 Å². The van der Waals surface area contributed by atoms with Crippen molar-refractivity contribution in [3.05, 3.63) is 47.2 Å².